The molecule has 0 heterocycles. The number of benzene rings is 1. The van der Waals surface area contributed by atoms with E-state index < -0.39 is 0 Å². The molecule has 21 heavy (non-hydrogen) atoms. The lowest BCUT2D eigenvalue weighted by Gasteiger charge is -2.17. The number of carbonyl (C=O) groups excluding carboxylic acids is 1. The van der Waals surface area contributed by atoms with Gasteiger partial charge in [0.05, 0.1) is 0 Å². The fourth-order valence-corrected chi connectivity index (χ4v) is 2.10. The van der Waals surface area contributed by atoms with Crippen LogP contribution in [0.5, 0.6) is 0 Å². The predicted molar refractivity (Wildman–Crippen MR) is 91.5 cm³/mol. The lowest BCUT2D eigenvalue weighted by atomic mass is 9.92. The molecule has 1 amide bonds. The molecule has 0 saturated carbocycles. The summed E-state index contributed by atoms with van der Waals surface area (Å²) in [6, 6.07) is 5.71. The molecule has 1 rings (SSSR count). The van der Waals surface area contributed by atoms with E-state index in [1.165, 1.54) is 0 Å². The highest BCUT2D eigenvalue weighted by molar-refractivity contribution is 6.30. The molecule has 0 bridgehead atoms. The van der Waals surface area contributed by atoms with Crippen molar-refractivity contribution in [3.8, 4) is 0 Å². The highest BCUT2D eigenvalue weighted by Gasteiger charge is 2.15. The van der Waals surface area contributed by atoms with E-state index in [4.69, 9.17) is 17.3 Å². The lowest BCUT2D eigenvalue weighted by molar-refractivity contribution is -0.122. The summed E-state index contributed by atoms with van der Waals surface area (Å²) in [5, 5.41) is 3.64. The van der Waals surface area contributed by atoms with Gasteiger partial charge in [-0.3, -0.25) is 4.79 Å². The molecule has 0 spiro atoms. The molecule has 0 saturated heterocycles. The van der Waals surface area contributed by atoms with Gasteiger partial charge in [-0.15, -0.1) is 0 Å². The van der Waals surface area contributed by atoms with Gasteiger partial charge in [-0.2, -0.15) is 0 Å². The van der Waals surface area contributed by atoms with Gasteiger partial charge in [-0.05, 0) is 35.1 Å². The van der Waals surface area contributed by atoms with Gasteiger partial charge in [-0.25, -0.2) is 0 Å². The molecule has 0 radical (unpaired) electrons. The Morgan fingerprint density at radius 3 is 2.38 bits per heavy atom. The fraction of sp³-hybridized carbons (Fsp3) is 0.588. The molecule has 1 aromatic rings. The molecule has 3 N–H and O–H groups in total. The molecule has 0 aliphatic carbocycles. The summed E-state index contributed by atoms with van der Waals surface area (Å²) in [6.07, 6.45) is 1.32. The zero-order valence-electron chi connectivity index (χ0n) is 13.9. The molecular formula is C17H29ClN2O. The molecule has 120 valence electrons. The maximum Gasteiger partial charge on any atom is 0.220 e. The van der Waals surface area contributed by atoms with Crippen molar-refractivity contribution >= 4 is 17.5 Å². The Kier molecular flexibility index (Phi) is 9.31. The van der Waals surface area contributed by atoms with Crippen LogP contribution >= 0.6 is 11.6 Å². The molecule has 0 aliphatic rings. The third-order valence-corrected chi connectivity index (χ3v) is 3.03. The first-order valence-electron chi connectivity index (χ1n) is 7.56. The number of hydrogen-bond acceptors (Lipinski definition) is 2. The molecule has 0 aliphatic heterocycles. The van der Waals surface area contributed by atoms with Gasteiger partial charge in [0.1, 0.15) is 0 Å². The molecule has 0 atom stereocenters. The Morgan fingerprint density at radius 1 is 1.24 bits per heavy atom. The van der Waals surface area contributed by atoms with E-state index in [0.29, 0.717) is 24.5 Å². The second kappa shape index (κ2) is 9.80. The van der Waals surface area contributed by atoms with E-state index in [2.05, 4.69) is 26.1 Å². The third-order valence-electron chi connectivity index (χ3n) is 2.80. The van der Waals surface area contributed by atoms with Crippen LogP contribution in [0.3, 0.4) is 0 Å². The molecule has 3 nitrogen and oxygen atoms in total. The predicted octanol–water partition coefficient (Wildman–Crippen LogP) is 3.92. The summed E-state index contributed by atoms with van der Waals surface area (Å²) in [5.41, 5.74) is 7.89. The van der Waals surface area contributed by atoms with Crippen molar-refractivity contribution in [3.63, 3.8) is 0 Å². The smallest absolute Gasteiger partial charge is 0.220 e. The summed E-state index contributed by atoms with van der Waals surface area (Å²) < 4.78 is 0. The average molecular weight is 313 g/mol. The summed E-state index contributed by atoms with van der Waals surface area (Å²) >= 11 is 5.93. The first-order valence-corrected chi connectivity index (χ1v) is 7.94. The second-order valence-electron chi connectivity index (χ2n) is 5.95. The molecule has 1 aromatic carbocycles. The van der Waals surface area contributed by atoms with Crippen LogP contribution in [0.2, 0.25) is 5.02 Å². The van der Waals surface area contributed by atoms with Gasteiger partial charge in [-0.1, -0.05) is 52.3 Å². The summed E-state index contributed by atoms with van der Waals surface area (Å²) in [4.78, 5) is 11.7. The minimum Gasteiger partial charge on any atom is -0.356 e. The van der Waals surface area contributed by atoms with Crippen LogP contribution in [-0.4, -0.2) is 12.5 Å². The third kappa shape index (κ3) is 8.74. The molecule has 0 fully saturated rings. The Labute approximate surface area is 134 Å². The highest BCUT2D eigenvalue weighted by Crippen LogP contribution is 2.18. The number of carbonyl (C=O) groups is 1. The summed E-state index contributed by atoms with van der Waals surface area (Å²) in [5.74, 6) is 0.0933. The second-order valence-corrected chi connectivity index (χ2v) is 6.39. The maximum absolute atomic E-state index is 11.7. The topological polar surface area (TPSA) is 55.1 Å². The van der Waals surface area contributed by atoms with E-state index in [1.807, 2.05) is 32.0 Å². The van der Waals surface area contributed by atoms with E-state index in [-0.39, 0.29) is 11.3 Å². The number of rotatable bonds is 5. The van der Waals surface area contributed by atoms with Crippen molar-refractivity contribution in [1.29, 1.82) is 0 Å². The van der Waals surface area contributed by atoms with Gasteiger partial charge < -0.3 is 11.1 Å². The van der Waals surface area contributed by atoms with Gasteiger partial charge in [0.15, 0.2) is 0 Å². The Morgan fingerprint density at radius 2 is 1.86 bits per heavy atom. The normalized spacial score (nSPS) is 10.6. The van der Waals surface area contributed by atoms with Crippen molar-refractivity contribution < 1.29 is 4.79 Å². The number of amides is 1. The zero-order chi connectivity index (χ0) is 16.5. The molecular weight excluding hydrogens is 284 g/mol. The van der Waals surface area contributed by atoms with Crippen LogP contribution in [0.4, 0.5) is 0 Å². The van der Waals surface area contributed by atoms with Crippen LogP contribution < -0.4 is 11.1 Å². The summed E-state index contributed by atoms with van der Waals surface area (Å²) in [7, 11) is 0. The maximum atomic E-state index is 11.7. The van der Waals surface area contributed by atoms with Gasteiger partial charge in [0.25, 0.3) is 0 Å². The fourth-order valence-electron chi connectivity index (χ4n) is 1.91. The lowest BCUT2D eigenvalue weighted by Crippen LogP contribution is -2.29. The standard InChI is InChI=1S/C15H23ClN2O.C2H6/c1-15(2,3)9-14(19)18-7-6-11-4-5-13(16)8-12(11)10-17;1-2/h4-5,8H,6-7,9-10,17H2,1-3H3,(H,18,19);1-2H3. The number of hydrogen-bond donors (Lipinski definition) is 2. The zero-order valence-corrected chi connectivity index (χ0v) is 14.7. The monoisotopic (exact) mass is 312 g/mol. The first kappa shape index (κ1) is 19.9. The number of nitrogens with two attached hydrogens (primary N) is 1. The van der Waals surface area contributed by atoms with E-state index in [0.717, 1.165) is 17.5 Å². The Bertz CT molecular complexity index is 439. The minimum absolute atomic E-state index is 0.0206. The van der Waals surface area contributed by atoms with Gasteiger partial charge in [0, 0.05) is 24.5 Å². The Balaban J connectivity index is 0.00000191. The van der Waals surface area contributed by atoms with Crippen LogP contribution in [0.25, 0.3) is 0 Å². The van der Waals surface area contributed by atoms with Crippen LogP contribution in [-0.2, 0) is 17.8 Å². The summed E-state index contributed by atoms with van der Waals surface area (Å²) in [6.45, 7) is 11.3. The van der Waals surface area contributed by atoms with Crippen molar-refractivity contribution in [1.82, 2.24) is 5.32 Å². The van der Waals surface area contributed by atoms with Crippen molar-refractivity contribution in [3.05, 3.63) is 34.3 Å². The van der Waals surface area contributed by atoms with Crippen molar-refractivity contribution in [2.45, 2.75) is 54.0 Å². The number of halogens is 1. The van der Waals surface area contributed by atoms with E-state index in [9.17, 15) is 4.79 Å². The van der Waals surface area contributed by atoms with Crippen molar-refractivity contribution in [2.24, 2.45) is 11.1 Å². The SMILES string of the molecule is CC.CC(C)(C)CC(=O)NCCc1ccc(Cl)cc1CN. The van der Waals surface area contributed by atoms with Crippen LogP contribution in [0, 0.1) is 5.41 Å². The highest BCUT2D eigenvalue weighted by atomic mass is 35.5. The number of nitrogens with one attached hydrogen (secondary N) is 1. The minimum atomic E-state index is 0.0206. The van der Waals surface area contributed by atoms with Crippen LogP contribution in [0.15, 0.2) is 18.2 Å². The van der Waals surface area contributed by atoms with Crippen LogP contribution in [0.1, 0.15) is 52.2 Å². The largest absolute Gasteiger partial charge is 0.356 e. The Hall–Kier alpha value is -1.06. The molecule has 0 aromatic heterocycles. The van der Waals surface area contributed by atoms with Crippen molar-refractivity contribution in [2.75, 3.05) is 6.54 Å². The first-order chi connectivity index (χ1) is 9.81. The quantitative estimate of drug-likeness (QED) is 0.865. The molecule has 0 unspecified atom stereocenters. The average Bonchev–Trinajstić information content (AvgIpc) is 2.40. The van der Waals surface area contributed by atoms with Gasteiger partial charge >= 0.3 is 0 Å². The molecule has 4 heteroatoms. The van der Waals surface area contributed by atoms with E-state index >= 15 is 0 Å². The van der Waals surface area contributed by atoms with E-state index in [1.54, 1.807) is 0 Å². The van der Waals surface area contributed by atoms with Gasteiger partial charge in [0.2, 0.25) is 5.91 Å².